The lowest BCUT2D eigenvalue weighted by molar-refractivity contribution is 0.406. The van der Waals surface area contributed by atoms with Gasteiger partial charge in [0.15, 0.2) is 0 Å². The molecule has 0 amide bonds. The Balaban J connectivity index is 2.68. The van der Waals surface area contributed by atoms with Crippen molar-refractivity contribution >= 4 is 0 Å². The minimum absolute atomic E-state index is 0.908. The van der Waals surface area contributed by atoms with Gasteiger partial charge in [0, 0.05) is 6.20 Å². The quantitative estimate of drug-likeness (QED) is 0.683. The van der Waals surface area contributed by atoms with Crippen molar-refractivity contribution in [1.82, 2.24) is 4.98 Å². The van der Waals surface area contributed by atoms with Crippen molar-refractivity contribution in [3.05, 3.63) is 24.0 Å². The first-order valence-corrected chi connectivity index (χ1v) is 4.36. The maximum atomic E-state index is 5.18. The van der Waals surface area contributed by atoms with Crippen LogP contribution in [0.4, 0.5) is 0 Å². The van der Waals surface area contributed by atoms with Crippen LogP contribution in [-0.2, 0) is 6.42 Å². The van der Waals surface area contributed by atoms with Crippen LogP contribution in [0, 0.1) is 0 Å². The van der Waals surface area contributed by atoms with Crippen molar-refractivity contribution in [2.75, 3.05) is 7.11 Å². The van der Waals surface area contributed by atoms with E-state index < -0.39 is 0 Å². The second kappa shape index (κ2) is 4.75. The van der Waals surface area contributed by atoms with Crippen molar-refractivity contribution in [3.8, 4) is 5.75 Å². The molecule has 2 nitrogen and oxygen atoms in total. The minimum Gasteiger partial charge on any atom is -0.495 e. The monoisotopic (exact) mass is 165 g/mol. The fraction of sp³-hybridized carbons (Fsp3) is 0.500. The van der Waals surface area contributed by atoms with E-state index in [9.17, 15) is 0 Å². The summed E-state index contributed by atoms with van der Waals surface area (Å²) in [6.45, 7) is 2.18. The molecule has 1 rings (SSSR count). The lowest BCUT2D eigenvalue weighted by atomic mass is 10.2. The Labute approximate surface area is 73.6 Å². The molecule has 0 saturated carbocycles. The molecule has 1 heterocycles. The fourth-order valence-corrected chi connectivity index (χ4v) is 1.14. The molecule has 0 aliphatic rings. The van der Waals surface area contributed by atoms with E-state index in [1.54, 1.807) is 7.11 Å². The van der Waals surface area contributed by atoms with Gasteiger partial charge in [0.1, 0.15) is 5.75 Å². The van der Waals surface area contributed by atoms with Gasteiger partial charge in [-0.3, -0.25) is 4.98 Å². The van der Waals surface area contributed by atoms with E-state index in [0.29, 0.717) is 0 Å². The summed E-state index contributed by atoms with van der Waals surface area (Å²) < 4.78 is 5.18. The van der Waals surface area contributed by atoms with Gasteiger partial charge in [0.05, 0.1) is 12.8 Å². The third kappa shape index (κ3) is 2.22. The maximum absolute atomic E-state index is 5.18. The average molecular weight is 165 g/mol. The summed E-state index contributed by atoms with van der Waals surface area (Å²) in [5, 5.41) is 0. The van der Waals surface area contributed by atoms with Gasteiger partial charge in [-0.1, -0.05) is 13.3 Å². The zero-order valence-corrected chi connectivity index (χ0v) is 7.71. The molecule has 0 aromatic carbocycles. The number of pyridine rings is 1. The third-order valence-electron chi connectivity index (χ3n) is 1.84. The van der Waals surface area contributed by atoms with E-state index in [4.69, 9.17) is 4.74 Å². The van der Waals surface area contributed by atoms with E-state index in [1.807, 2.05) is 18.3 Å². The number of hydrogen-bond acceptors (Lipinski definition) is 2. The minimum atomic E-state index is 0.908. The molecule has 0 aliphatic heterocycles. The van der Waals surface area contributed by atoms with E-state index in [0.717, 1.165) is 17.9 Å². The number of rotatable bonds is 4. The van der Waals surface area contributed by atoms with Gasteiger partial charge >= 0.3 is 0 Å². The highest BCUT2D eigenvalue weighted by atomic mass is 16.5. The molecule has 0 radical (unpaired) electrons. The van der Waals surface area contributed by atoms with Crippen LogP contribution in [0.3, 0.4) is 0 Å². The largest absolute Gasteiger partial charge is 0.495 e. The summed E-state index contributed by atoms with van der Waals surface area (Å²) in [5.41, 5.74) is 1.07. The first-order chi connectivity index (χ1) is 5.88. The number of unbranched alkanes of at least 4 members (excludes halogenated alkanes) is 1. The van der Waals surface area contributed by atoms with Gasteiger partial charge in [0.25, 0.3) is 0 Å². The molecule has 0 bridgehead atoms. The molecule has 0 fully saturated rings. The molecule has 66 valence electrons. The van der Waals surface area contributed by atoms with Crippen molar-refractivity contribution in [3.63, 3.8) is 0 Å². The van der Waals surface area contributed by atoms with Crippen LogP contribution in [0.25, 0.3) is 0 Å². The van der Waals surface area contributed by atoms with E-state index in [1.165, 1.54) is 12.8 Å². The first-order valence-electron chi connectivity index (χ1n) is 4.36. The average Bonchev–Trinajstić information content (AvgIpc) is 2.15. The van der Waals surface area contributed by atoms with Crippen molar-refractivity contribution in [2.45, 2.75) is 26.2 Å². The zero-order chi connectivity index (χ0) is 8.81. The first kappa shape index (κ1) is 9.04. The molecular weight excluding hydrogens is 150 g/mol. The van der Waals surface area contributed by atoms with E-state index >= 15 is 0 Å². The van der Waals surface area contributed by atoms with Crippen LogP contribution >= 0.6 is 0 Å². The van der Waals surface area contributed by atoms with Crippen molar-refractivity contribution < 1.29 is 4.74 Å². The fourth-order valence-electron chi connectivity index (χ4n) is 1.14. The molecule has 12 heavy (non-hydrogen) atoms. The molecule has 1 aromatic rings. The summed E-state index contributed by atoms with van der Waals surface area (Å²) in [6, 6.07) is 3.85. The maximum Gasteiger partial charge on any atom is 0.140 e. The van der Waals surface area contributed by atoms with E-state index in [2.05, 4.69) is 11.9 Å². The molecule has 1 aromatic heterocycles. The number of hydrogen-bond donors (Lipinski definition) is 0. The summed E-state index contributed by atoms with van der Waals surface area (Å²) in [7, 11) is 1.69. The Morgan fingerprint density at radius 3 is 3.00 bits per heavy atom. The SMILES string of the molecule is CCCCc1ncccc1OC. The molecule has 0 N–H and O–H groups in total. The Hall–Kier alpha value is -1.05. The number of aromatic nitrogens is 1. The molecule has 2 heteroatoms. The highest BCUT2D eigenvalue weighted by molar-refractivity contribution is 5.26. The Morgan fingerprint density at radius 2 is 2.33 bits per heavy atom. The Bertz CT molecular complexity index is 235. The van der Waals surface area contributed by atoms with Crippen LogP contribution in [0.2, 0.25) is 0 Å². The molecule has 0 aliphatic carbocycles. The van der Waals surface area contributed by atoms with Gasteiger partial charge in [-0.05, 0) is 25.0 Å². The predicted molar refractivity (Wildman–Crippen MR) is 49.4 cm³/mol. The Morgan fingerprint density at radius 1 is 1.50 bits per heavy atom. The predicted octanol–water partition coefficient (Wildman–Crippen LogP) is 2.43. The molecule has 0 unspecified atom stereocenters. The normalized spacial score (nSPS) is 9.83. The van der Waals surface area contributed by atoms with Crippen LogP contribution in [0.15, 0.2) is 18.3 Å². The summed E-state index contributed by atoms with van der Waals surface area (Å²) >= 11 is 0. The van der Waals surface area contributed by atoms with Crippen molar-refractivity contribution in [1.29, 1.82) is 0 Å². The Kier molecular flexibility index (Phi) is 3.58. The van der Waals surface area contributed by atoms with Crippen LogP contribution < -0.4 is 4.74 Å². The van der Waals surface area contributed by atoms with Gasteiger partial charge in [-0.2, -0.15) is 0 Å². The topological polar surface area (TPSA) is 22.1 Å². The lowest BCUT2D eigenvalue weighted by Gasteiger charge is -2.05. The second-order valence-corrected chi connectivity index (χ2v) is 2.76. The van der Waals surface area contributed by atoms with Gasteiger partial charge in [-0.15, -0.1) is 0 Å². The summed E-state index contributed by atoms with van der Waals surface area (Å²) in [6.07, 6.45) is 5.20. The summed E-state index contributed by atoms with van der Waals surface area (Å²) in [4.78, 5) is 4.26. The van der Waals surface area contributed by atoms with Gasteiger partial charge < -0.3 is 4.74 Å². The molecular formula is C10H15NO. The second-order valence-electron chi connectivity index (χ2n) is 2.76. The summed E-state index contributed by atoms with van der Waals surface area (Å²) in [5.74, 6) is 0.908. The number of aryl methyl sites for hydroxylation is 1. The number of ether oxygens (including phenoxy) is 1. The van der Waals surface area contributed by atoms with Crippen LogP contribution in [0.1, 0.15) is 25.5 Å². The molecule has 0 spiro atoms. The highest BCUT2D eigenvalue weighted by Gasteiger charge is 2.00. The van der Waals surface area contributed by atoms with Gasteiger partial charge in [-0.25, -0.2) is 0 Å². The van der Waals surface area contributed by atoms with Gasteiger partial charge in [0.2, 0.25) is 0 Å². The standard InChI is InChI=1S/C10H15NO/c1-3-4-6-9-10(12-2)7-5-8-11-9/h5,7-8H,3-4,6H2,1-2H3. The van der Waals surface area contributed by atoms with Crippen molar-refractivity contribution in [2.24, 2.45) is 0 Å². The number of methoxy groups -OCH3 is 1. The highest BCUT2D eigenvalue weighted by Crippen LogP contribution is 2.16. The molecule has 0 saturated heterocycles. The molecule has 0 atom stereocenters. The third-order valence-corrected chi connectivity index (χ3v) is 1.84. The van der Waals surface area contributed by atoms with Crippen LogP contribution in [-0.4, -0.2) is 12.1 Å². The zero-order valence-electron chi connectivity index (χ0n) is 7.71. The van der Waals surface area contributed by atoms with E-state index in [-0.39, 0.29) is 0 Å². The number of nitrogens with zero attached hydrogens (tertiary/aromatic N) is 1. The van der Waals surface area contributed by atoms with Crippen LogP contribution in [0.5, 0.6) is 5.75 Å². The lowest BCUT2D eigenvalue weighted by Crippen LogP contribution is -1.94. The smallest absolute Gasteiger partial charge is 0.140 e.